The quantitative estimate of drug-likeness (QED) is 0.789. The first-order valence-corrected chi connectivity index (χ1v) is 6.74. The van der Waals surface area contributed by atoms with Crippen molar-refractivity contribution in [2.75, 3.05) is 6.61 Å². The molecule has 0 saturated heterocycles. The first-order chi connectivity index (χ1) is 9.76. The number of nitrogens with zero attached hydrogens (tertiary/aromatic N) is 3. The minimum absolute atomic E-state index is 0.156. The van der Waals surface area contributed by atoms with Crippen LogP contribution < -0.4 is 0 Å². The van der Waals surface area contributed by atoms with Gasteiger partial charge in [-0.2, -0.15) is 5.10 Å². The van der Waals surface area contributed by atoms with Crippen LogP contribution >= 0.6 is 0 Å². The third-order valence-corrected chi connectivity index (χ3v) is 3.35. The van der Waals surface area contributed by atoms with E-state index >= 15 is 0 Å². The lowest BCUT2D eigenvalue weighted by Gasteiger charge is -2.08. The zero-order valence-electron chi connectivity index (χ0n) is 11.5. The Morgan fingerprint density at radius 3 is 2.95 bits per heavy atom. The summed E-state index contributed by atoms with van der Waals surface area (Å²) in [5.41, 5.74) is 4.31. The van der Waals surface area contributed by atoms with Gasteiger partial charge >= 0.3 is 0 Å². The molecule has 0 atom stereocenters. The van der Waals surface area contributed by atoms with Crippen molar-refractivity contribution in [1.29, 1.82) is 0 Å². The zero-order chi connectivity index (χ0) is 13.9. The molecule has 1 N–H and O–H groups in total. The number of pyridine rings is 1. The monoisotopic (exact) mass is 267 g/mol. The van der Waals surface area contributed by atoms with Gasteiger partial charge in [0.1, 0.15) is 0 Å². The minimum Gasteiger partial charge on any atom is -0.396 e. The van der Waals surface area contributed by atoms with Crippen LogP contribution in [0.1, 0.15) is 16.8 Å². The molecule has 0 unspecified atom stereocenters. The van der Waals surface area contributed by atoms with Crippen molar-refractivity contribution in [3.63, 3.8) is 0 Å². The molecule has 0 fully saturated rings. The van der Waals surface area contributed by atoms with Crippen LogP contribution in [0, 0.1) is 6.92 Å². The highest BCUT2D eigenvalue weighted by Crippen LogP contribution is 2.19. The maximum Gasteiger partial charge on any atom is 0.0708 e. The van der Waals surface area contributed by atoms with Gasteiger partial charge in [0, 0.05) is 23.9 Å². The molecule has 2 aromatic heterocycles. The molecule has 0 aliphatic rings. The number of rotatable bonds is 4. The number of para-hydroxylation sites is 1. The van der Waals surface area contributed by atoms with E-state index < -0.39 is 0 Å². The van der Waals surface area contributed by atoms with Gasteiger partial charge in [-0.15, -0.1) is 0 Å². The highest BCUT2D eigenvalue weighted by Gasteiger charge is 2.05. The molecule has 0 aliphatic heterocycles. The van der Waals surface area contributed by atoms with Gasteiger partial charge in [0.25, 0.3) is 0 Å². The number of aryl methyl sites for hydroxylation is 1. The number of aliphatic hydroxyl groups excluding tert-OH is 1. The van der Waals surface area contributed by atoms with Gasteiger partial charge in [0.15, 0.2) is 0 Å². The number of fused-ring (bicyclic) bond motifs is 1. The van der Waals surface area contributed by atoms with Crippen molar-refractivity contribution >= 4 is 10.9 Å². The Bertz CT molecular complexity index is 733. The third-order valence-electron chi connectivity index (χ3n) is 3.35. The van der Waals surface area contributed by atoms with E-state index in [1.165, 1.54) is 5.56 Å². The van der Waals surface area contributed by atoms with Crippen LogP contribution in [0.2, 0.25) is 0 Å². The lowest BCUT2D eigenvalue weighted by Crippen LogP contribution is -2.02. The molecule has 4 heteroatoms. The van der Waals surface area contributed by atoms with E-state index in [1.807, 2.05) is 42.2 Å². The van der Waals surface area contributed by atoms with Crippen molar-refractivity contribution < 1.29 is 5.11 Å². The summed E-state index contributed by atoms with van der Waals surface area (Å²) in [6, 6.07) is 10.3. The summed E-state index contributed by atoms with van der Waals surface area (Å²) in [5.74, 6) is 0. The number of benzene rings is 1. The second-order valence-corrected chi connectivity index (χ2v) is 4.96. The Kier molecular flexibility index (Phi) is 3.48. The van der Waals surface area contributed by atoms with E-state index in [1.54, 1.807) is 0 Å². The normalized spacial score (nSPS) is 11.1. The maximum atomic E-state index is 8.95. The fourth-order valence-electron chi connectivity index (χ4n) is 2.45. The van der Waals surface area contributed by atoms with E-state index in [0.29, 0.717) is 6.42 Å². The van der Waals surface area contributed by atoms with Crippen LogP contribution in [0.3, 0.4) is 0 Å². The highest BCUT2D eigenvalue weighted by molar-refractivity contribution is 5.82. The number of aromatic nitrogens is 3. The molecular weight excluding hydrogens is 250 g/mol. The smallest absolute Gasteiger partial charge is 0.0708 e. The van der Waals surface area contributed by atoms with Crippen LogP contribution in [-0.2, 0) is 13.0 Å². The summed E-state index contributed by atoms with van der Waals surface area (Å²) >= 11 is 0. The van der Waals surface area contributed by atoms with E-state index in [0.717, 1.165) is 28.7 Å². The van der Waals surface area contributed by atoms with E-state index in [-0.39, 0.29) is 6.61 Å². The molecular formula is C16H17N3O. The predicted octanol–water partition coefficient (Wildman–Crippen LogP) is 2.32. The van der Waals surface area contributed by atoms with Crippen LogP contribution in [0.15, 0.2) is 42.7 Å². The number of hydrogen-bond acceptors (Lipinski definition) is 3. The average Bonchev–Trinajstić information content (AvgIpc) is 2.86. The fourth-order valence-corrected chi connectivity index (χ4v) is 2.45. The van der Waals surface area contributed by atoms with Gasteiger partial charge < -0.3 is 5.11 Å². The zero-order valence-corrected chi connectivity index (χ0v) is 11.5. The molecule has 0 aliphatic carbocycles. The summed E-state index contributed by atoms with van der Waals surface area (Å²) in [6.45, 7) is 2.88. The van der Waals surface area contributed by atoms with Crippen LogP contribution in [0.5, 0.6) is 0 Å². The predicted molar refractivity (Wildman–Crippen MR) is 78.6 cm³/mol. The Hall–Kier alpha value is -2.20. The van der Waals surface area contributed by atoms with Gasteiger partial charge in [-0.3, -0.25) is 9.67 Å². The Labute approximate surface area is 117 Å². The first-order valence-electron chi connectivity index (χ1n) is 6.74. The fraction of sp³-hybridized carbons (Fsp3) is 0.250. The van der Waals surface area contributed by atoms with Crippen LogP contribution in [0.4, 0.5) is 0 Å². The molecule has 0 bridgehead atoms. The molecule has 102 valence electrons. The van der Waals surface area contributed by atoms with Crippen molar-refractivity contribution in [3.8, 4) is 0 Å². The highest BCUT2D eigenvalue weighted by atomic mass is 16.2. The molecule has 20 heavy (non-hydrogen) atoms. The van der Waals surface area contributed by atoms with Gasteiger partial charge in [-0.1, -0.05) is 18.2 Å². The van der Waals surface area contributed by atoms with Crippen molar-refractivity contribution in [1.82, 2.24) is 14.8 Å². The Morgan fingerprint density at radius 2 is 2.10 bits per heavy atom. The van der Waals surface area contributed by atoms with Gasteiger partial charge in [-0.25, -0.2) is 0 Å². The third kappa shape index (κ3) is 2.56. The molecule has 4 nitrogen and oxygen atoms in total. The largest absolute Gasteiger partial charge is 0.396 e. The lowest BCUT2D eigenvalue weighted by atomic mass is 10.1. The SMILES string of the molecule is Cc1cc(Cn2cc(CCO)cn2)c2ccccc2n1. The first kappa shape index (κ1) is 12.8. The standard InChI is InChI=1S/C16H17N3O/c1-12-8-14(15-4-2-3-5-16(15)18-12)11-19-10-13(6-7-20)9-17-19/h2-5,8-10,20H,6-7,11H2,1H3. The molecule has 0 radical (unpaired) electrons. The summed E-state index contributed by atoms with van der Waals surface area (Å²) < 4.78 is 1.91. The van der Waals surface area contributed by atoms with Gasteiger partial charge in [-0.05, 0) is 36.6 Å². The number of aliphatic hydroxyl groups is 1. The van der Waals surface area contributed by atoms with Crippen LogP contribution in [0.25, 0.3) is 10.9 Å². The molecule has 3 aromatic rings. The second-order valence-electron chi connectivity index (χ2n) is 4.96. The Morgan fingerprint density at radius 1 is 1.25 bits per heavy atom. The molecule has 0 amide bonds. The molecule has 0 spiro atoms. The van der Waals surface area contributed by atoms with Gasteiger partial charge in [0.05, 0.1) is 18.3 Å². The van der Waals surface area contributed by atoms with Crippen molar-refractivity contribution in [2.45, 2.75) is 19.9 Å². The van der Waals surface area contributed by atoms with Crippen molar-refractivity contribution in [2.24, 2.45) is 0 Å². The van der Waals surface area contributed by atoms with Gasteiger partial charge in [0.2, 0.25) is 0 Å². The van der Waals surface area contributed by atoms with E-state index in [2.05, 4.69) is 22.2 Å². The lowest BCUT2D eigenvalue weighted by molar-refractivity contribution is 0.299. The second kappa shape index (κ2) is 5.43. The molecule has 3 rings (SSSR count). The summed E-state index contributed by atoms with van der Waals surface area (Å²) in [6.07, 6.45) is 4.45. The topological polar surface area (TPSA) is 50.9 Å². The van der Waals surface area contributed by atoms with E-state index in [9.17, 15) is 0 Å². The summed E-state index contributed by atoms with van der Waals surface area (Å²) in [4.78, 5) is 4.55. The molecule has 0 saturated carbocycles. The van der Waals surface area contributed by atoms with Crippen LogP contribution in [-0.4, -0.2) is 26.5 Å². The Balaban J connectivity index is 1.97. The molecule has 1 aromatic carbocycles. The van der Waals surface area contributed by atoms with Crippen molar-refractivity contribution in [3.05, 3.63) is 59.5 Å². The average molecular weight is 267 g/mol. The summed E-state index contributed by atoms with van der Waals surface area (Å²) in [7, 11) is 0. The maximum absolute atomic E-state index is 8.95. The molecule has 2 heterocycles. The number of hydrogen-bond donors (Lipinski definition) is 1. The minimum atomic E-state index is 0.156. The summed E-state index contributed by atoms with van der Waals surface area (Å²) in [5, 5.41) is 14.5. The van der Waals surface area contributed by atoms with E-state index in [4.69, 9.17) is 5.11 Å².